The maximum absolute atomic E-state index is 12.7. The Hall–Kier alpha value is -2.47. The Morgan fingerprint density at radius 1 is 1.22 bits per heavy atom. The number of thioether (sulfide) groups is 1. The molecular weight excluding hydrogens is 360 g/mol. The number of ether oxygens (including phenoxy) is 1. The Balaban J connectivity index is 1.93. The van der Waals surface area contributed by atoms with Crippen molar-refractivity contribution in [2.45, 2.75) is 31.6 Å². The fraction of sp³-hybridized carbons (Fsp3) is 0.333. The molecule has 0 bridgehead atoms. The van der Waals surface area contributed by atoms with E-state index >= 15 is 0 Å². The Morgan fingerprint density at radius 2 is 1.96 bits per heavy atom. The Labute approximate surface area is 164 Å². The van der Waals surface area contributed by atoms with Gasteiger partial charge in [-0.25, -0.2) is 0 Å². The smallest absolute Gasteiger partial charge is 0.238 e. The lowest BCUT2D eigenvalue weighted by Crippen LogP contribution is -2.29. The Bertz CT molecular complexity index is 825. The van der Waals surface area contributed by atoms with E-state index in [1.165, 1.54) is 0 Å². The van der Waals surface area contributed by atoms with Crippen molar-refractivity contribution in [3.8, 4) is 5.75 Å². The predicted molar refractivity (Wildman–Crippen MR) is 110 cm³/mol. The van der Waals surface area contributed by atoms with Crippen LogP contribution in [0.2, 0.25) is 0 Å². The van der Waals surface area contributed by atoms with Crippen molar-refractivity contribution >= 4 is 35.0 Å². The standard InChI is InChI=1S/C21H24N2O3S/c1-3-4-13-19(24)22-16-10-6-5-9-15(16)21-23(20(25)14-27-21)17-11-7-8-12-18(17)26-2/h5-12,21H,3-4,13-14H2,1-2H3,(H,22,24). The molecule has 5 nitrogen and oxygen atoms in total. The van der Waals surface area contributed by atoms with E-state index in [4.69, 9.17) is 4.74 Å². The van der Waals surface area contributed by atoms with Crippen molar-refractivity contribution in [1.29, 1.82) is 0 Å². The maximum Gasteiger partial charge on any atom is 0.238 e. The number of unbranched alkanes of at least 4 members (excludes halogenated alkanes) is 1. The van der Waals surface area contributed by atoms with Crippen LogP contribution in [-0.2, 0) is 9.59 Å². The number of hydrogen-bond donors (Lipinski definition) is 1. The second-order valence-corrected chi connectivity index (χ2v) is 7.41. The van der Waals surface area contributed by atoms with Gasteiger partial charge in [0.15, 0.2) is 0 Å². The maximum atomic E-state index is 12.7. The first-order chi connectivity index (χ1) is 13.2. The third-order valence-corrected chi connectivity index (χ3v) is 5.67. The van der Waals surface area contributed by atoms with Crippen molar-refractivity contribution < 1.29 is 14.3 Å². The highest BCUT2D eigenvalue weighted by molar-refractivity contribution is 8.00. The van der Waals surface area contributed by atoms with Gasteiger partial charge in [0.1, 0.15) is 11.1 Å². The van der Waals surface area contributed by atoms with Crippen molar-refractivity contribution in [2.75, 3.05) is 23.1 Å². The molecule has 1 aliphatic rings. The zero-order valence-electron chi connectivity index (χ0n) is 15.6. The van der Waals surface area contributed by atoms with Crippen molar-refractivity contribution in [3.05, 3.63) is 54.1 Å². The van der Waals surface area contributed by atoms with Crippen molar-refractivity contribution in [2.24, 2.45) is 0 Å². The van der Waals surface area contributed by atoms with E-state index in [1.54, 1.807) is 23.8 Å². The predicted octanol–water partition coefficient (Wildman–Crippen LogP) is 4.60. The molecular formula is C21H24N2O3S. The number of anilines is 2. The number of nitrogens with one attached hydrogen (secondary N) is 1. The molecule has 142 valence electrons. The number of benzene rings is 2. The highest BCUT2D eigenvalue weighted by atomic mass is 32.2. The van der Waals surface area contributed by atoms with Crippen LogP contribution in [0.5, 0.6) is 5.75 Å². The van der Waals surface area contributed by atoms with E-state index in [1.807, 2.05) is 48.5 Å². The second-order valence-electron chi connectivity index (χ2n) is 6.34. The molecule has 1 unspecified atom stereocenters. The molecule has 6 heteroatoms. The van der Waals surface area contributed by atoms with Gasteiger partial charge in [0.2, 0.25) is 11.8 Å². The van der Waals surface area contributed by atoms with Crippen LogP contribution in [0.25, 0.3) is 0 Å². The van der Waals surface area contributed by atoms with Crippen LogP contribution in [0.4, 0.5) is 11.4 Å². The fourth-order valence-electron chi connectivity index (χ4n) is 3.12. The number of para-hydroxylation sites is 3. The van der Waals surface area contributed by atoms with Crippen molar-refractivity contribution in [3.63, 3.8) is 0 Å². The number of nitrogens with zero attached hydrogens (tertiary/aromatic N) is 1. The van der Waals surface area contributed by atoms with Gasteiger partial charge in [0, 0.05) is 17.7 Å². The van der Waals surface area contributed by atoms with Crippen LogP contribution in [0.15, 0.2) is 48.5 Å². The summed E-state index contributed by atoms with van der Waals surface area (Å²) in [5.41, 5.74) is 2.42. The fourth-order valence-corrected chi connectivity index (χ4v) is 4.32. The van der Waals surface area contributed by atoms with Crippen LogP contribution < -0.4 is 15.0 Å². The van der Waals surface area contributed by atoms with Crippen LogP contribution in [0.3, 0.4) is 0 Å². The molecule has 2 amide bonds. The summed E-state index contributed by atoms with van der Waals surface area (Å²) >= 11 is 1.55. The molecule has 1 heterocycles. The number of hydrogen-bond acceptors (Lipinski definition) is 4. The van der Waals surface area contributed by atoms with Gasteiger partial charge in [0.25, 0.3) is 0 Å². The molecule has 1 N–H and O–H groups in total. The van der Waals surface area contributed by atoms with Gasteiger partial charge < -0.3 is 10.1 Å². The molecule has 3 rings (SSSR count). The molecule has 0 radical (unpaired) electrons. The molecule has 1 fully saturated rings. The Kier molecular flexibility index (Phi) is 6.40. The lowest BCUT2D eigenvalue weighted by molar-refractivity contribution is -0.116. The van der Waals surface area contributed by atoms with Crippen LogP contribution in [0.1, 0.15) is 37.1 Å². The quantitative estimate of drug-likeness (QED) is 0.758. The lowest BCUT2D eigenvalue weighted by Gasteiger charge is -2.27. The first-order valence-electron chi connectivity index (χ1n) is 9.11. The minimum absolute atomic E-state index is 0.00228. The molecule has 1 saturated heterocycles. The molecule has 27 heavy (non-hydrogen) atoms. The molecule has 0 spiro atoms. The largest absolute Gasteiger partial charge is 0.495 e. The summed E-state index contributed by atoms with van der Waals surface area (Å²) in [6.45, 7) is 2.06. The summed E-state index contributed by atoms with van der Waals surface area (Å²) in [6, 6.07) is 15.2. The van der Waals surface area contributed by atoms with Gasteiger partial charge in [-0.05, 0) is 24.6 Å². The number of rotatable bonds is 7. The topological polar surface area (TPSA) is 58.6 Å². The monoisotopic (exact) mass is 384 g/mol. The highest BCUT2D eigenvalue weighted by Gasteiger charge is 2.36. The summed E-state index contributed by atoms with van der Waals surface area (Å²) in [4.78, 5) is 26.7. The average Bonchev–Trinajstić information content (AvgIpc) is 3.07. The molecule has 1 aliphatic heterocycles. The lowest BCUT2D eigenvalue weighted by atomic mass is 10.1. The SMILES string of the molecule is CCCCC(=O)Nc1ccccc1C1SCC(=O)N1c1ccccc1OC. The first kappa shape index (κ1) is 19.3. The minimum atomic E-state index is -0.212. The van der Waals surface area contributed by atoms with Gasteiger partial charge in [0.05, 0.1) is 18.6 Å². The normalized spacial score (nSPS) is 16.4. The van der Waals surface area contributed by atoms with E-state index in [-0.39, 0.29) is 17.2 Å². The first-order valence-corrected chi connectivity index (χ1v) is 10.2. The summed E-state index contributed by atoms with van der Waals surface area (Å²) in [6.07, 6.45) is 2.33. The zero-order valence-corrected chi connectivity index (χ0v) is 16.4. The van der Waals surface area contributed by atoms with E-state index in [0.29, 0.717) is 17.9 Å². The molecule has 2 aromatic carbocycles. The zero-order chi connectivity index (χ0) is 19.2. The third-order valence-electron chi connectivity index (χ3n) is 4.47. The molecule has 0 aliphatic carbocycles. The molecule has 0 saturated carbocycles. The Morgan fingerprint density at radius 3 is 2.74 bits per heavy atom. The van der Waals surface area contributed by atoms with Crippen LogP contribution in [0, 0.1) is 0 Å². The molecule has 0 aromatic heterocycles. The van der Waals surface area contributed by atoms with E-state index in [9.17, 15) is 9.59 Å². The number of carbonyl (C=O) groups excluding carboxylic acids is 2. The number of amides is 2. The highest BCUT2D eigenvalue weighted by Crippen LogP contribution is 2.46. The van der Waals surface area contributed by atoms with Crippen LogP contribution in [-0.4, -0.2) is 24.7 Å². The van der Waals surface area contributed by atoms with E-state index in [0.717, 1.165) is 29.8 Å². The van der Waals surface area contributed by atoms with Gasteiger partial charge in [-0.1, -0.05) is 43.7 Å². The van der Waals surface area contributed by atoms with Gasteiger partial charge >= 0.3 is 0 Å². The molecule has 1 atom stereocenters. The van der Waals surface area contributed by atoms with Gasteiger partial charge in [-0.15, -0.1) is 11.8 Å². The van der Waals surface area contributed by atoms with Crippen LogP contribution >= 0.6 is 11.8 Å². The van der Waals surface area contributed by atoms with Gasteiger partial charge in [-0.3, -0.25) is 14.5 Å². The van der Waals surface area contributed by atoms with E-state index in [2.05, 4.69) is 12.2 Å². The summed E-state index contributed by atoms with van der Waals surface area (Å²) in [5.74, 6) is 1.08. The van der Waals surface area contributed by atoms with Gasteiger partial charge in [-0.2, -0.15) is 0 Å². The van der Waals surface area contributed by atoms with Crippen molar-refractivity contribution in [1.82, 2.24) is 0 Å². The third kappa shape index (κ3) is 4.27. The molecule has 2 aromatic rings. The summed E-state index contributed by atoms with van der Waals surface area (Å²) in [7, 11) is 1.60. The minimum Gasteiger partial charge on any atom is -0.495 e. The second kappa shape index (κ2) is 8.95. The summed E-state index contributed by atoms with van der Waals surface area (Å²) in [5, 5.41) is 2.80. The number of methoxy groups -OCH3 is 1. The summed E-state index contributed by atoms with van der Waals surface area (Å²) < 4.78 is 5.46. The number of carbonyl (C=O) groups is 2. The average molecular weight is 385 g/mol. The van der Waals surface area contributed by atoms with E-state index < -0.39 is 0 Å².